The van der Waals surface area contributed by atoms with Gasteiger partial charge in [0.05, 0.1) is 39.9 Å². The third kappa shape index (κ3) is 64.1. The number of nitrogens with zero attached hydrogens (tertiary/aromatic N) is 1. The molecule has 2 N–H and O–H groups in total. The lowest BCUT2D eigenvalue weighted by Crippen LogP contribution is -2.45. The topological polar surface area (TPSA) is 108 Å². The van der Waals surface area contributed by atoms with Gasteiger partial charge in [-0.25, -0.2) is 0 Å². The predicted octanol–water partition coefficient (Wildman–Crippen LogP) is 20.4. The van der Waals surface area contributed by atoms with Gasteiger partial charge in [0.1, 0.15) is 13.2 Å². The maximum absolute atomic E-state index is 13.0. The number of unbranched alkanes of at least 4 members (excludes halogenated alkanes) is 26. The Kier molecular flexibility index (Phi) is 58.7. The fourth-order valence-electron chi connectivity index (χ4n) is 9.01. The van der Waals surface area contributed by atoms with Gasteiger partial charge in [0.25, 0.3) is 7.82 Å². The second kappa shape index (κ2) is 61.2. The Balaban J connectivity index is 4.11. The van der Waals surface area contributed by atoms with E-state index in [2.05, 4.69) is 141 Å². The fourth-order valence-corrected chi connectivity index (χ4v) is 9.73. The highest BCUT2D eigenvalue weighted by Crippen LogP contribution is 2.38. The molecule has 3 atom stereocenters. The lowest BCUT2D eigenvalue weighted by Gasteiger charge is -2.29. The van der Waals surface area contributed by atoms with Gasteiger partial charge in [-0.3, -0.25) is 9.36 Å². The highest BCUT2D eigenvalue weighted by atomic mass is 31.2. The summed E-state index contributed by atoms with van der Waals surface area (Å²) in [5.74, 6) is -0.206. The molecule has 0 heterocycles. The van der Waals surface area contributed by atoms with Crippen LogP contribution >= 0.6 is 7.82 Å². The zero-order chi connectivity index (χ0) is 59.1. The van der Waals surface area contributed by atoms with Gasteiger partial charge in [-0.15, -0.1) is 0 Å². The van der Waals surface area contributed by atoms with Crippen molar-refractivity contribution in [2.45, 2.75) is 276 Å². The minimum Gasteiger partial charge on any atom is -0.756 e. The van der Waals surface area contributed by atoms with Crippen LogP contribution in [0.25, 0.3) is 0 Å². The average Bonchev–Trinajstić information content (AvgIpc) is 3.43. The van der Waals surface area contributed by atoms with Crippen LogP contribution in [0.15, 0.2) is 134 Å². The Morgan fingerprint density at radius 3 is 1.10 bits per heavy atom. The number of aliphatic hydroxyl groups is 1. The summed E-state index contributed by atoms with van der Waals surface area (Å²) in [5.41, 5.74) is 0. The maximum atomic E-state index is 13.0. The molecule has 0 radical (unpaired) electrons. The molecule has 0 aliphatic heterocycles. The molecule has 1 amide bonds. The molecule has 0 saturated carbocycles. The van der Waals surface area contributed by atoms with Crippen LogP contribution in [0.3, 0.4) is 0 Å². The van der Waals surface area contributed by atoms with Crippen LogP contribution in [0.4, 0.5) is 0 Å². The summed E-state index contributed by atoms with van der Waals surface area (Å²) >= 11 is 0. The number of likely N-dealkylation sites (N-methyl/N-ethyl adjacent to an activating group) is 1. The van der Waals surface area contributed by atoms with Crippen molar-refractivity contribution in [3.05, 3.63) is 134 Å². The molecule has 8 nitrogen and oxygen atoms in total. The number of phosphoric ester groups is 1. The molecule has 0 spiro atoms. The Labute approximate surface area is 500 Å². The van der Waals surface area contributed by atoms with E-state index in [-0.39, 0.29) is 19.1 Å². The Morgan fingerprint density at radius 1 is 0.444 bits per heavy atom. The largest absolute Gasteiger partial charge is 0.756 e. The van der Waals surface area contributed by atoms with Crippen LogP contribution in [-0.2, 0) is 18.4 Å². The van der Waals surface area contributed by atoms with Gasteiger partial charge in [-0.2, -0.15) is 0 Å². The smallest absolute Gasteiger partial charge is 0.268 e. The monoisotopic (exact) mass is 1140 g/mol. The normalized spacial score (nSPS) is 14.6. The number of hydrogen-bond acceptors (Lipinski definition) is 6. The van der Waals surface area contributed by atoms with E-state index in [0.29, 0.717) is 17.4 Å². The van der Waals surface area contributed by atoms with E-state index in [1.807, 2.05) is 27.2 Å². The van der Waals surface area contributed by atoms with Crippen molar-refractivity contribution < 1.29 is 32.9 Å². The van der Waals surface area contributed by atoms with Crippen molar-refractivity contribution in [2.75, 3.05) is 40.9 Å². The van der Waals surface area contributed by atoms with Gasteiger partial charge in [0.2, 0.25) is 5.91 Å². The zero-order valence-corrected chi connectivity index (χ0v) is 53.8. The quantitative estimate of drug-likeness (QED) is 0.0272. The number of carbonyl (C=O) groups is 1. The van der Waals surface area contributed by atoms with Crippen molar-refractivity contribution in [1.29, 1.82) is 0 Å². The minimum absolute atomic E-state index is 0.00713. The first-order valence-electron chi connectivity index (χ1n) is 33.0. The van der Waals surface area contributed by atoms with Gasteiger partial charge in [0, 0.05) is 6.42 Å². The van der Waals surface area contributed by atoms with Crippen LogP contribution < -0.4 is 10.2 Å². The highest BCUT2D eigenvalue weighted by Gasteiger charge is 2.23. The maximum Gasteiger partial charge on any atom is 0.268 e. The zero-order valence-electron chi connectivity index (χ0n) is 52.9. The van der Waals surface area contributed by atoms with Crippen LogP contribution in [0.2, 0.25) is 0 Å². The molecule has 0 saturated heterocycles. The van der Waals surface area contributed by atoms with Gasteiger partial charge in [-0.05, 0) is 96.3 Å². The molecule has 0 aliphatic carbocycles. The second-order valence-electron chi connectivity index (χ2n) is 23.1. The van der Waals surface area contributed by atoms with E-state index in [0.717, 1.165) is 109 Å². The van der Waals surface area contributed by atoms with E-state index >= 15 is 0 Å². The number of amides is 1. The Bertz CT molecular complexity index is 1780. The molecule has 0 rings (SSSR count). The van der Waals surface area contributed by atoms with Gasteiger partial charge < -0.3 is 28.8 Å². The van der Waals surface area contributed by atoms with Crippen LogP contribution in [0, 0.1) is 0 Å². The molecule has 0 aliphatic rings. The van der Waals surface area contributed by atoms with E-state index in [1.165, 1.54) is 135 Å². The minimum atomic E-state index is -4.61. The average molecular weight is 1150 g/mol. The van der Waals surface area contributed by atoms with Crippen molar-refractivity contribution in [3.63, 3.8) is 0 Å². The molecule has 81 heavy (non-hydrogen) atoms. The van der Waals surface area contributed by atoms with Gasteiger partial charge in [-0.1, -0.05) is 295 Å². The third-order valence-electron chi connectivity index (χ3n) is 14.1. The first-order chi connectivity index (χ1) is 39.5. The van der Waals surface area contributed by atoms with Crippen molar-refractivity contribution in [2.24, 2.45) is 0 Å². The standard InChI is InChI=1S/C72H125N2O6P/c1-6-8-10-12-14-16-18-20-22-24-26-27-28-29-30-31-32-33-34-35-36-37-38-39-40-41-42-43-44-45-46-47-48-50-52-54-56-58-60-62-64-66-72(76)73-70(69-80-81(77,78)79-68-67-74(3,4)5)71(75)65-63-61-59-57-55-53-51-49-25-23-21-19-17-15-13-11-9-7-2/h8,10,14,16,20,22,26-27,29-30,32-33,35-36,38-39,41-42,44-45,63,65,70-71,75H,6-7,9,11-13,15,17-19,21,23-25,28,31,34,37,40,43,46-62,64,66-69H2,1-5H3,(H-,73,76,77,78)/b10-8-,16-14-,22-20-,27-26-,30-29-,33-32-,36-35-,39-38-,42-41-,45-44-,65-63+. The molecule has 0 aromatic heterocycles. The summed E-state index contributed by atoms with van der Waals surface area (Å²) in [4.78, 5) is 25.6. The van der Waals surface area contributed by atoms with E-state index in [1.54, 1.807) is 6.08 Å². The van der Waals surface area contributed by atoms with Crippen LogP contribution in [-0.4, -0.2) is 68.5 Å². The third-order valence-corrected chi connectivity index (χ3v) is 15.1. The summed E-state index contributed by atoms with van der Waals surface area (Å²) in [6.45, 7) is 4.54. The first-order valence-corrected chi connectivity index (χ1v) is 34.5. The van der Waals surface area contributed by atoms with Crippen LogP contribution in [0.1, 0.15) is 264 Å². The Morgan fingerprint density at radius 2 is 0.753 bits per heavy atom. The molecular formula is C72H125N2O6P. The number of carbonyl (C=O) groups excluding carboxylic acids is 1. The van der Waals surface area contributed by atoms with Gasteiger partial charge in [0.15, 0.2) is 0 Å². The lowest BCUT2D eigenvalue weighted by molar-refractivity contribution is -0.870. The number of phosphoric acid groups is 1. The molecule has 0 aromatic rings. The molecule has 9 heteroatoms. The lowest BCUT2D eigenvalue weighted by atomic mass is 10.0. The Hall–Kier alpha value is -3.36. The van der Waals surface area contributed by atoms with Crippen LogP contribution in [0.5, 0.6) is 0 Å². The summed E-state index contributed by atoms with van der Waals surface area (Å²) in [5, 5.41) is 13.9. The first kappa shape index (κ1) is 77.6. The summed E-state index contributed by atoms with van der Waals surface area (Å²) in [6, 6.07) is -0.898. The van der Waals surface area contributed by atoms with Crippen molar-refractivity contribution >= 4 is 13.7 Å². The number of nitrogens with one attached hydrogen (secondary N) is 1. The SMILES string of the molecule is CC/C=C\C/C=C\C/C=C\C/C=C\C/C=C\C/C=C\C/C=C\C/C=C\C/C=C\C/C=C\CCCCCCCCCCCCC(=O)NC(COP(=O)([O-])OCC[N+](C)(C)C)C(O)/C=C/CCCCCCCCCCCCCCCCCC. The number of quaternary nitrogens is 1. The van der Waals surface area contributed by atoms with E-state index in [9.17, 15) is 19.4 Å². The van der Waals surface area contributed by atoms with E-state index < -0.39 is 20.0 Å². The van der Waals surface area contributed by atoms with Crippen molar-refractivity contribution in [1.82, 2.24) is 5.32 Å². The molecule has 3 unspecified atom stereocenters. The molecular weight excluding hydrogens is 1020 g/mol. The van der Waals surface area contributed by atoms with E-state index in [4.69, 9.17) is 9.05 Å². The number of allylic oxidation sites excluding steroid dienone is 21. The molecule has 0 aromatic carbocycles. The summed E-state index contributed by atoms with van der Waals surface area (Å²) in [6.07, 6.45) is 92.6. The summed E-state index contributed by atoms with van der Waals surface area (Å²) in [7, 11) is 1.25. The fraction of sp³-hybridized carbons (Fsp3) is 0.681. The highest BCUT2D eigenvalue weighted by molar-refractivity contribution is 7.45. The van der Waals surface area contributed by atoms with Crippen molar-refractivity contribution in [3.8, 4) is 0 Å². The molecule has 464 valence electrons. The molecule has 0 fully saturated rings. The molecule has 0 bridgehead atoms. The number of aliphatic hydroxyl groups excluding tert-OH is 1. The summed E-state index contributed by atoms with van der Waals surface area (Å²) < 4.78 is 23.4. The second-order valence-corrected chi connectivity index (χ2v) is 24.5. The van der Waals surface area contributed by atoms with Gasteiger partial charge >= 0.3 is 0 Å². The predicted molar refractivity (Wildman–Crippen MR) is 352 cm³/mol. The number of hydrogen-bond donors (Lipinski definition) is 2. The number of rotatable bonds is 59.